The molecule has 0 unspecified atom stereocenters. The van der Waals surface area contributed by atoms with E-state index in [1.165, 1.54) is 43.4 Å². The van der Waals surface area contributed by atoms with Crippen molar-refractivity contribution in [3.8, 4) is 11.5 Å². The Bertz CT molecular complexity index is 921. The number of methoxy groups -OCH3 is 2. The van der Waals surface area contributed by atoms with Crippen LogP contribution < -0.4 is 9.47 Å². The van der Waals surface area contributed by atoms with Crippen molar-refractivity contribution in [3.63, 3.8) is 0 Å². The number of likely N-dealkylation sites (tertiary alicyclic amines) is 1. The minimum Gasteiger partial charge on any atom is -0.497 e. The van der Waals surface area contributed by atoms with Gasteiger partial charge in [-0.2, -0.15) is 0 Å². The number of ether oxygens (including phenoxy) is 2. The zero-order valence-electron chi connectivity index (χ0n) is 14.3. The van der Waals surface area contributed by atoms with Crippen LogP contribution >= 0.6 is 11.6 Å². The number of hydrogen-bond acceptors (Lipinski definition) is 5. The maximum Gasteiger partial charge on any atom is 0.257 e. The average Bonchev–Trinajstić information content (AvgIpc) is 2.59. The minimum atomic E-state index is -3.50. The van der Waals surface area contributed by atoms with E-state index >= 15 is 0 Å². The molecule has 1 heterocycles. The van der Waals surface area contributed by atoms with Crippen molar-refractivity contribution in [2.45, 2.75) is 10.1 Å². The van der Waals surface area contributed by atoms with Crippen molar-refractivity contribution in [1.82, 2.24) is 4.90 Å². The van der Waals surface area contributed by atoms with Crippen LogP contribution in [0.1, 0.15) is 10.4 Å². The highest BCUT2D eigenvalue weighted by Gasteiger charge is 2.41. The zero-order chi connectivity index (χ0) is 18.9. The third-order valence-electron chi connectivity index (χ3n) is 4.36. The first-order valence-electron chi connectivity index (χ1n) is 7.87. The summed E-state index contributed by atoms with van der Waals surface area (Å²) in [5, 5.41) is -0.155. The summed E-state index contributed by atoms with van der Waals surface area (Å²) >= 11 is 5.80. The molecule has 1 aliphatic rings. The second-order valence-electron chi connectivity index (χ2n) is 5.90. The van der Waals surface area contributed by atoms with Gasteiger partial charge in [0.05, 0.1) is 24.7 Å². The topological polar surface area (TPSA) is 72.9 Å². The molecule has 138 valence electrons. The molecule has 1 fully saturated rings. The first-order chi connectivity index (χ1) is 12.4. The van der Waals surface area contributed by atoms with E-state index in [2.05, 4.69) is 0 Å². The van der Waals surface area contributed by atoms with Gasteiger partial charge in [0.1, 0.15) is 16.7 Å². The van der Waals surface area contributed by atoms with Gasteiger partial charge in [0, 0.05) is 24.2 Å². The molecule has 26 heavy (non-hydrogen) atoms. The molecule has 6 nitrogen and oxygen atoms in total. The van der Waals surface area contributed by atoms with Gasteiger partial charge in [0.15, 0.2) is 9.84 Å². The van der Waals surface area contributed by atoms with E-state index < -0.39 is 15.1 Å². The van der Waals surface area contributed by atoms with Crippen LogP contribution in [-0.2, 0) is 9.84 Å². The molecule has 3 rings (SSSR count). The van der Waals surface area contributed by atoms with E-state index in [1.54, 1.807) is 18.2 Å². The summed E-state index contributed by atoms with van der Waals surface area (Å²) in [4.78, 5) is 14.4. The predicted molar refractivity (Wildman–Crippen MR) is 97.9 cm³/mol. The molecule has 0 atom stereocenters. The number of amides is 1. The van der Waals surface area contributed by atoms with Crippen molar-refractivity contribution in [1.29, 1.82) is 0 Å². The molecular formula is C18H18ClNO5S. The van der Waals surface area contributed by atoms with Gasteiger partial charge >= 0.3 is 0 Å². The third kappa shape index (κ3) is 3.37. The SMILES string of the molecule is COc1ccc(C(=O)N2CC(S(=O)(=O)c3ccc(Cl)cc3)C2)c(OC)c1. The van der Waals surface area contributed by atoms with Crippen LogP contribution in [0, 0.1) is 0 Å². The number of hydrogen-bond donors (Lipinski definition) is 0. The Morgan fingerprint density at radius 2 is 1.73 bits per heavy atom. The molecule has 0 saturated carbocycles. The first-order valence-corrected chi connectivity index (χ1v) is 9.80. The number of halogens is 1. The standard InChI is InChI=1S/C18H18ClNO5S/c1-24-13-5-8-16(17(9-13)25-2)18(21)20-10-15(11-20)26(22,23)14-6-3-12(19)4-7-14/h3-9,15H,10-11H2,1-2H3. The van der Waals surface area contributed by atoms with Gasteiger partial charge in [0.2, 0.25) is 0 Å². The monoisotopic (exact) mass is 395 g/mol. The van der Waals surface area contributed by atoms with Gasteiger partial charge in [-0.05, 0) is 36.4 Å². The lowest BCUT2D eigenvalue weighted by molar-refractivity contribution is 0.0655. The van der Waals surface area contributed by atoms with Gasteiger partial charge in [-0.15, -0.1) is 0 Å². The Morgan fingerprint density at radius 3 is 2.31 bits per heavy atom. The molecule has 2 aromatic rings. The minimum absolute atomic E-state index is 0.138. The highest BCUT2D eigenvalue weighted by molar-refractivity contribution is 7.92. The molecule has 0 N–H and O–H groups in total. The van der Waals surface area contributed by atoms with E-state index in [4.69, 9.17) is 21.1 Å². The van der Waals surface area contributed by atoms with Gasteiger partial charge in [-0.25, -0.2) is 8.42 Å². The summed E-state index contributed by atoms with van der Waals surface area (Å²) in [6.07, 6.45) is 0. The van der Waals surface area contributed by atoms with Crippen LogP contribution in [0.25, 0.3) is 0 Å². The lowest BCUT2D eigenvalue weighted by Crippen LogP contribution is -2.56. The molecular weight excluding hydrogens is 378 g/mol. The summed E-state index contributed by atoms with van der Waals surface area (Å²) in [5.74, 6) is 0.690. The summed E-state index contributed by atoms with van der Waals surface area (Å²) in [6, 6.07) is 10.9. The third-order valence-corrected chi connectivity index (χ3v) is 6.71. The summed E-state index contributed by atoms with van der Waals surface area (Å²) < 4.78 is 35.6. The quantitative estimate of drug-likeness (QED) is 0.778. The molecule has 0 bridgehead atoms. The van der Waals surface area contributed by atoms with Crippen molar-refractivity contribution in [2.24, 2.45) is 0 Å². The number of rotatable bonds is 5. The van der Waals surface area contributed by atoms with Crippen molar-refractivity contribution < 1.29 is 22.7 Å². The number of nitrogens with zero attached hydrogens (tertiary/aromatic N) is 1. The Hall–Kier alpha value is -2.25. The van der Waals surface area contributed by atoms with Gasteiger partial charge < -0.3 is 14.4 Å². The number of carbonyl (C=O) groups is 1. The van der Waals surface area contributed by atoms with Gasteiger partial charge in [-0.1, -0.05) is 11.6 Å². The molecule has 1 aliphatic heterocycles. The molecule has 0 aromatic heterocycles. The average molecular weight is 396 g/mol. The van der Waals surface area contributed by atoms with E-state index in [9.17, 15) is 13.2 Å². The van der Waals surface area contributed by atoms with Gasteiger partial charge in [-0.3, -0.25) is 4.79 Å². The van der Waals surface area contributed by atoms with Gasteiger partial charge in [0.25, 0.3) is 5.91 Å². The summed E-state index contributed by atoms with van der Waals surface area (Å²) in [7, 11) is -0.504. The van der Waals surface area contributed by atoms with Crippen LogP contribution in [-0.4, -0.2) is 51.8 Å². The fraction of sp³-hybridized carbons (Fsp3) is 0.278. The molecule has 1 saturated heterocycles. The molecule has 8 heteroatoms. The summed E-state index contributed by atoms with van der Waals surface area (Å²) in [5.41, 5.74) is 0.371. The van der Waals surface area contributed by atoms with E-state index in [-0.39, 0.29) is 23.9 Å². The zero-order valence-corrected chi connectivity index (χ0v) is 15.9. The van der Waals surface area contributed by atoms with Crippen LogP contribution in [0.2, 0.25) is 5.02 Å². The van der Waals surface area contributed by atoms with E-state index in [0.29, 0.717) is 22.1 Å². The maximum atomic E-state index is 12.7. The molecule has 2 aromatic carbocycles. The largest absolute Gasteiger partial charge is 0.497 e. The number of sulfone groups is 1. The molecule has 0 spiro atoms. The number of benzene rings is 2. The summed E-state index contributed by atoms with van der Waals surface area (Å²) in [6.45, 7) is 0.276. The fourth-order valence-electron chi connectivity index (χ4n) is 2.76. The smallest absolute Gasteiger partial charge is 0.257 e. The van der Waals surface area contributed by atoms with Crippen LogP contribution in [0.15, 0.2) is 47.4 Å². The van der Waals surface area contributed by atoms with Crippen LogP contribution in [0.4, 0.5) is 0 Å². The molecule has 0 aliphatic carbocycles. The predicted octanol–water partition coefficient (Wildman–Crippen LogP) is 2.66. The van der Waals surface area contributed by atoms with Crippen LogP contribution in [0.5, 0.6) is 11.5 Å². The van der Waals surface area contributed by atoms with Crippen molar-refractivity contribution in [2.75, 3.05) is 27.3 Å². The van der Waals surface area contributed by atoms with Crippen molar-refractivity contribution in [3.05, 3.63) is 53.1 Å². The highest BCUT2D eigenvalue weighted by Crippen LogP contribution is 2.30. The maximum absolute atomic E-state index is 12.7. The molecule has 0 radical (unpaired) electrons. The Labute approximate surface area is 157 Å². The first kappa shape index (κ1) is 18.5. The normalized spacial score (nSPS) is 14.7. The Balaban J connectivity index is 1.73. The second kappa shape index (κ2) is 7.17. The van der Waals surface area contributed by atoms with Crippen LogP contribution in [0.3, 0.4) is 0 Å². The second-order valence-corrected chi connectivity index (χ2v) is 8.56. The lowest BCUT2D eigenvalue weighted by atomic mass is 10.1. The Kier molecular flexibility index (Phi) is 5.11. The molecule has 1 amide bonds. The van der Waals surface area contributed by atoms with Crippen molar-refractivity contribution >= 4 is 27.3 Å². The van der Waals surface area contributed by atoms with E-state index in [1.807, 2.05) is 0 Å². The fourth-order valence-corrected chi connectivity index (χ4v) is 4.54. The highest BCUT2D eigenvalue weighted by atomic mass is 35.5. The van der Waals surface area contributed by atoms with E-state index in [0.717, 1.165) is 0 Å². The Morgan fingerprint density at radius 1 is 1.08 bits per heavy atom. The number of carbonyl (C=O) groups excluding carboxylic acids is 1. The lowest BCUT2D eigenvalue weighted by Gasteiger charge is -2.38.